The lowest BCUT2D eigenvalue weighted by molar-refractivity contribution is 0.881. The number of hydrogen-bond acceptors (Lipinski definition) is 2. The van der Waals surface area contributed by atoms with E-state index in [9.17, 15) is 0 Å². The van der Waals surface area contributed by atoms with Crippen molar-refractivity contribution in [2.75, 3.05) is 5.73 Å². The number of rotatable bonds is 1. The number of aromatic nitrogens is 2. The highest BCUT2D eigenvalue weighted by atomic mass is 35.5. The van der Waals surface area contributed by atoms with Crippen LogP contribution in [0.1, 0.15) is 0 Å². The summed E-state index contributed by atoms with van der Waals surface area (Å²) in [7, 11) is 0. The minimum atomic E-state index is 0. The van der Waals surface area contributed by atoms with Crippen LogP contribution in [0.15, 0.2) is 42.7 Å². The first kappa shape index (κ1) is 12.8. The monoisotopic (exact) mass is 231 g/mol. The Kier molecular flexibility index (Phi) is 5.05. The van der Waals surface area contributed by atoms with Gasteiger partial charge in [-0.05, 0) is 30.3 Å². The molecule has 0 atom stereocenters. The Morgan fingerprint density at radius 2 is 1.71 bits per heavy atom. The van der Waals surface area contributed by atoms with E-state index in [4.69, 9.17) is 5.73 Å². The zero-order valence-electron chi connectivity index (χ0n) is 7.33. The van der Waals surface area contributed by atoms with E-state index < -0.39 is 0 Å². The van der Waals surface area contributed by atoms with E-state index in [1.165, 1.54) is 0 Å². The average Bonchev–Trinajstić information content (AvgIpc) is 2.58. The van der Waals surface area contributed by atoms with Gasteiger partial charge in [-0.15, -0.1) is 24.8 Å². The minimum absolute atomic E-state index is 0. The number of anilines is 1. The largest absolute Gasteiger partial charge is 0.399 e. The number of nitrogen functional groups attached to an aromatic ring is 1. The van der Waals surface area contributed by atoms with Gasteiger partial charge in [0.15, 0.2) is 0 Å². The maximum absolute atomic E-state index is 5.55. The van der Waals surface area contributed by atoms with Gasteiger partial charge in [0.05, 0.1) is 5.69 Å². The summed E-state index contributed by atoms with van der Waals surface area (Å²) >= 11 is 0. The molecule has 0 saturated heterocycles. The van der Waals surface area contributed by atoms with Crippen LogP contribution in [0.5, 0.6) is 0 Å². The van der Waals surface area contributed by atoms with Crippen LogP contribution in [-0.4, -0.2) is 9.78 Å². The first-order chi connectivity index (χ1) is 5.86. The number of hydrogen-bond donors (Lipinski definition) is 1. The molecule has 76 valence electrons. The average molecular weight is 232 g/mol. The summed E-state index contributed by atoms with van der Waals surface area (Å²) in [6.45, 7) is 0. The summed E-state index contributed by atoms with van der Waals surface area (Å²) in [5, 5.41) is 4.09. The van der Waals surface area contributed by atoms with Crippen LogP contribution in [0.4, 0.5) is 5.69 Å². The van der Waals surface area contributed by atoms with Crippen molar-refractivity contribution in [2.24, 2.45) is 0 Å². The molecule has 0 radical (unpaired) electrons. The lowest BCUT2D eigenvalue weighted by atomic mass is 10.3. The van der Waals surface area contributed by atoms with Crippen molar-refractivity contribution in [3.05, 3.63) is 42.7 Å². The predicted octanol–water partition coefficient (Wildman–Crippen LogP) is 2.30. The number of halogens is 2. The second-order valence-electron chi connectivity index (χ2n) is 2.54. The molecule has 3 nitrogen and oxygen atoms in total. The van der Waals surface area contributed by atoms with Gasteiger partial charge in [0.25, 0.3) is 0 Å². The zero-order chi connectivity index (χ0) is 8.39. The minimum Gasteiger partial charge on any atom is -0.399 e. The van der Waals surface area contributed by atoms with E-state index in [-0.39, 0.29) is 24.8 Å². The molecule has 1 aromatic carbocycles. The Balaban J connectivity index is 0.000000845. The Hall–Kier alpha value is -1.19. The van der Waals surface area contributed by atoms with Gasteiger partial charge in [-0.25, -0.2) is 4.68 Å². The van der Waals surface area contributed by atoms with Gasteiger partial charge in [0, 0.05) is 18.1 Å². The molecule has 2 aromatic rings. The van der Waals surface area contributed by atoms with E-state index in [1.807, 2.05) is 36.5 Å². The van der Waals surface area contributed by atoms with E-state index >= 15 is 0 Å². The molecule has 0 bridgehead atoms. The SMILES string of the molecule is Cl.Cl.Nc1ccc(-n2cccn2)cc1. The molecule has 0 aliphatic rings. The summed E-state index contributed by atoms with van der Waals surface area (Å²) in [6.07, 6.45) is 3.64. The molecule has 0 fully saturated rings. The normalized spacial score (nSPS) is 8.57. The Morgan fingerprint density at radius 1 is 1.07 bits per heavy atom. The highest BCUT2D eigenvalue weighted by Crippen LogP contribution is 2.08. The lowest BCUT2D eigenvalue weighted by Crippen LogP contribution is -1.94. The van der Waals surface area contributed by atoms with Gasteiger partial charge in [0.2, 0.25) is 0 Å². The van der Waals surface area contributed by atoms with Crippen molar-refractivity contribution in [1.82, 2.24) is 9.78 Å². The van der Waals surface area contributed by atoms with Crippen LogP contribution in [0.3, 0.4) is 0 Å². The van der Waals surface area contributed by atoms with Crippen LogP contribution in [-0.2, 0) is 0 Å². The molecule has 0 spiro atoms. The molecule has 0 saturated carbocycles. The topological polar surface area (TPSA) is 43.8 Å². The molecule has 1 heterocycles. The second-order valence-corrected chi connectivity index (χ2v) is 2.54. The van der Waals surface area contributed by atoms with E-state index in [2.05, 4.69) is 5.10 Å². The molecule has 14 heavy (non-hydrogen) atoms. The molecular formula is C9H11Cl2N3. The fourth-order valence-electron chi connectivity index (χ4n) is 1.05. The number of benzene rings is 1. The smallest absolute Gasteiger partial charge is 0.0647 e. The molecule has 0 aliphatic heterocycles. The first-order valence-corrected chi connectivity index (χ1v) is 3.72. The summed E-state index contributed by atoms with van der Waals surface area (Å²) in [5.74, 6) is 0. The van der Waals surface area contributed by atoms with Crippen LogP contribution < -0.4 is 5.73 Å². The van der Waals surface area contributed by atoms with E-state index in [0.29, 0.717) is 0 Å². The van der Waals surface area contributed by atoms with Crippen molar-refractivity contribution in [3.63, 3.8) is 0 Å². The quantitative estimate of drug-likeness (QED) is 0.766. The fraction of sp³-hybridized carbons (Fsp3) is 0. The maximum atomic E-state index is 5.55. The fourth-order valence-corrected chi connectivity index (χ4v) is 1.05. The van der Waals surface area contributed by atoms with Crippen LogP contribution >= 0.6 is 24.8 Å². The third-order valence-electron chi connectivity index (χ3n) is 1.66. The molecule has 2 rings (SSSR count). The van der Waals surface area contributed by atoms with E-state index in [0.717, 1.165) is 11.4 Å². The van der Waals surface area contributed by atoms with Crippen LogP contribution in [0, 0.1) is 0 Å². The molecule has 0 unspecified atom stereocenters. The highest BCUT2D eigenvalue weighted by molar-refractivity contribution is 5.85. The van der Waals surface area contributed by atoms with Gasteiger partial charge >= 0.3 is 0 Å². The molecule has 1 aromatic heterocycles. The van der Waals surface area contributed by atoms with Gasteiger partial charge < -0.3 is 5.73 Å². The molecule has 2 N–H and O–H groups in total. The predicted molar refractivity (Wildman–Crippen MR) is 62.5 cm³/mol. The first-order valence-electron chi connectivity index (χ1n) is 3.72. The van der Waals surface area contributed by atoms with Gasteiger partial charge in [-0.2, -0.15) is 5.10 Å². The second kappa shape index (κ2) is 5.52. The Labute approximate surface area is 94.7 Å². The highest BCUT2D eigenvalue weighted by Gasteiger charge is 1.93. The third kappa shape index (κ3) is 2.65. The Bertz CT molecular complexity index is 356. The van der Waals surface area contributed by atoms with Gasteiger partial charge in [-0.1, -0.05) is 0 Å². The number of nitrogens with zero attached hydrogens (tertiary/aromatic N) is 2. The number of nitrogens with two attached hydrogens (primary N) is 1. The van der Waals surface area contributed by atoms with Crippen molar-refractivity contribution in [1.29, 1.82) is 0 Å². The summed E-state index contributed by atoms with van der Waals surface area (Å²) in [5.41, 5.74) is 7.34. The summed E-state index contributed by atoms with van der Waals surface area (Å²) in [6, 6.07) is 9.47. The molecular weight excluding hydrogens is 221 g/mol. The standard InChI is InChI=1S/C9H9N3.2ClH/c10-8-2-4-9(5-3-8)12-7-1-6-11-12;;/h1-7H,10H2;2*1H. The van der Waals surface area contributed by atoms with Crippen molar-refractivity contribution in [3.8, 4) is 5.69 Å². The van der Waals surface area contributed by atoms with E-state index in [1.54, 1.807) is 10.9 Å². The zero-order valence-corrected chi connectivity index (χ0v) is 8.96. The summed E-state index contributed by atoms with van der Waals surface area (Å²) in [4.78, 5) is 0. The van der Waals surface area contributed by atoms with Crippen molar-refractivity contribution in [2.45, 2.75) is 0 Å². The van der Waals surface area contributed by atoms with Crippen molar-refractivity contribution < 1.29 is 0 Å². The van der Waals surface area contributed by atoms with Crippen LogP contribution in [0.2, 0.25) is 0 Å². The Morgan fingerprint density at radius 3 is 2.21 bits per heavy atom. The van der Waals surface area contributed by atoms with Gasteiger partial charge in [-0.3, -0.25) is 0 Å². The van der Waals surface area contributed by atoms with Crippen LogP contribution in [0.25, 0.3) is 5.69 Å². The molecule has 5 heteroatoms. The van der Waals surface area contributed by atoms with Gasteiger partial charge in [0.1, 0.15) is 0 Å². The molecule has 0 amide bonds. The lowest BCUT2D eigenvalue weighted by Gasteiger charge is -2.00. The summed E-state index contributed by atoms with van der Waals surface area (Å²) < 4.78 is 1.79. The van der Waals surface area contributed by atoms with Crippen molar-refractivity contribution >= 4 is 30.5 Å². The molecule has 0 aliphatic carbocycles. The maximum Gasteiger partial charge on any atom is 0.0647 e. The third-order valence-corrected chi connectivity index (χ3v) is 1.66.